The molecular weight excluding hydrogens is 452 g/mol. The summed E-state index contributed by atoms with van der Waals surface area (Å²) in [6, 6.07) is 9.75. The molecule has 1 saturated carbocycles. The lowest BCUT2D eigenvalue weighted by Crippen LogP contribution is -2.44. The highest BCUT2D eigenvalue weighted by molar-refractivity contribution is 7.76. The Labute approximate surface area is 202 Å². The number of hydrogen-bond acceptors (Lipinski definition) is 5. The summed E-state index contributed by atoms with van der Waals surface area (Å²) in [5, 5.41) is 18.1. The van der Waals surface area contributed by atoms with Crippen molar-refractivity contribution in [1.29, 1.82) is 0 Å². The number of rotatable bonds is 8. The molecular formula is C25H31N4O4S-. The second kappa shape index (κ2) is 9.56. The fourth-order valence-electron chi connectivity index (χ4n) is 5.25. The fraction of sp³-hybridized carbons (Fsp3) is 0.480. The van der Waals surface area contributed by atoms with Crippen LogP contribution in [-0.4, -0.2) is 44.7 Å². The maximum absolute atomic E-state index is 12.2. The number of aromatic nitrogens is 3. The minimum Gasteiger partial charge on any atom is -0.760 e. The number of hydrogen-bond donors (Lipinski definition) is 1. The van der Waals surface area contributed by atoms with E-state index in [9.17, 15) is 18.7 Å². The van der Waals surface area contributed by atoms with E-state index in [-0.39, 0.29) is 18.5 Å². The molecule has 182 valence electrons. The predicted octanol–water partition coefficient (Wildman–Crippen LogP) is 4.12. The maximum atomic E-state index is 12.2. The third-order valence-electron chi connectivity index (χ3n) is 7.39. The second-order valence-corrected chi connectivity index (χ2v) is 10.5. The standard InChI is InChI=1S/C25H32N4O4S/c1-16-7-8-18(13-19(16)15-29(34(32)33)25(3)11-5-6-12-25)21(14-23(30)31)20-9-10-22-24(17(20)2)26-27-28(22)4/h7-10,13,21H,5-6,11-12,14-15H2,1-4H3,(H,30,31)(H,32,33)/p-1. The second-order valence-electron chi connectivity index (χ2n) is 9.65. The van der Waals surface area contributed by atoms with E-state index < -0.39 is 23.2 Å². The summed E-state index contributed by atoms with van der Waals surface area (Å²) in [6.45, 7) is 6.19. The fourth-order valence-corrected chi connectivity index (χ4v) is 6.04. The van der Waals surface area contributed by atoms with Gasteiger partial charge in [-0.3, -0.25) is 9.00 Å². The molecule has 34 heavy (non-hydrogen) atoms. The summed E-state index contributed by atoms with van der Waals surface area (Å²) in [6.07, 6.45) is 3.66. The number of nitrogens with zero attached hydrogens (tertiary/aromatic N) is 4. The number of aryl methyl sites for hydroxylation is 3. The van der Waals surface area contributed by atoms with Gasteiger partial charge in [-0.1, -0.05) is 42.3 Å². The molecule has 9 heteroatoms. The van der Waals surface area contributed by atoms with Crippen molar-refractivity contribution in [3.8, 4) is 0 Å². The van der Waals surface area contributed by atoms with Crippen LogP contribution in [0, 0.1) is 13.8 Å². The van der Waals surface area contributed by atoms with E-state index in [1.54, 1.807) is 8.99 Å². The zero-order valence-electron chi connectivity index (χ0n) is 20.1. The Balaban J connectivity index is 1.75. The van der Waals surface area contributed by atoms with Crippen molar-refractivity contribution >= 4 is 28.3 Å². The normalized spacial score (nSPS) is 17.4. The topological polar surface area (TPSA) is 111 Å². The van der Waals surface area contributed by atoms with Crippen molar-refractivity contribution in [2.75, 3.05) is 0 Å². The first-order valence-corrected chi connectivity index (χ1v) is 12.6. The van der Waals surface area contributed by atoms with E-state index >= 15 is 0 Å². The Kier molecular flexibility index (Phi) is 6.89. The Hall–Kier alpha value is -2.62. The van der Waals surface area contributed by atoms with E-state index in [2.05, 4.69) is 10.3 Å². The van der Waals surface area contributed by atoms with Gasteiger partial charge in [0.15, 0.2) is 0 Å². The molecule has 3 aromatic rings. The van der Waals surface area contributed by atoms with Gasteiger partial charge >= 0.3 is 5.97 Å². The van der Waals surface area contributed by atoms with Crippen LogP contribution >= 0.6 is 0 Å². The van der Waals surface area contributed by atoms with Gasteiger partial charge in [0.2, 0.25) is 0 Å². The van der Waals surface area contributed by atoms with E-state index in [0.717, 1.165) is 64.5 Å². The SMILES string of the molecule is Cc1ccc(C(CC(=O)O)c2ccc3c(nnn3C)c2C)cc1CN(S(=O)[O-])C1(C)CCCC1. The number of carboxylic acids is 1. The summed E-state index contributed by atoms with van der Waals surface area (Å²) in [4.78, 5) is 11.8. The van der Waals surface area contributed by atoms with Gasteiger partial charge in [-0.25, -0.2) is 8.99 Å². The van der Waals surface area contributed by atoms with Crippen LogP contribution in [0.5, 0.6) is 0 Å². The summed E-state index contributed by atoms with van der Waals surface area (Å²) in [7, 11) is 1.83. The Bertz CT molecular complexity index is 1250. The van der Waals surface area contributed by atoms with Gasteiger partial charge in [-0.15, -0.1) is 5.10 Å². The third kappa shape index (κ3) is 4.64. The first-order chi connectivity index (χ1) is 16.1. The molecule has 1 aromatic heterocycles. The minimum atomic E-state index is -2.35. The lowest BCUT2D eigenvalue weighted by Gasteiger charge is -2.39. The number of carboxylic acid groups (broad SMARTS) is 1. The van der Waals surface area contributed by atoms with Crippen LogP contribution in [0.2, 0.25) is 0 Å². The smallest absolute Gasteiger partial charge is 0.304 e. The van der Waals surface area contributed by atoms with Gasteiger partial charge in [-0.2, -0.15) is 0 Å². The monoisotopic (exact) mass is 483 g/mol. The molecule has 2 atom stereocenters. The maximum Gasteiger partial charge on any atom is 0.304 e. The Morgan fingerprint density at radius 1 is 1.26 bits per heavy atom. The Morgan fingerprint density at radius 2 is 1.97 bits per heavy atom. The van der Waals surface area contributed by atoms with Crippen LogP contribution in [0.1, 0.15) is 72.8 Å². The largest absolute Gasteiger partial charge is 0.760 e. The van der Waals surface area contributed by atoms with Gasteiger partial charge in [0.05, 0.1) is 11.9 Å². The van der Waals surface area contributed by atoms with Crippen molar-refractivity contribution in [3.63, 3.8) is 0 Å². The highest BCUT2D eigenvalue weighted by atomic mass is 32.2. The van der Waals surface area contributed by atoms with Crippen LogP contribution in [0.15, 0.2) is 30.3 Å². The lowest BCUT2D eigenvalue weighted by molar-refractivity contribution is -0.137. The summed E-state index contributed by atoms with van der Waals surface area (Å²) in [5.41, 5.74) is 5.77. The molecule has 1 fully saturated rings. The predicted molar refractivity (Wildman–Crippen MR) is 130 cm³/mol. The van der Waals surface area contributed by atoms with Gasteiger partial charge in [0.1, 0.15) is 5.52 Å². The van der Waals surface area contributed by atoms with E-state index in [0.29, 0.717) is 0 Å². The zero-order chi connectivity index (χ0) is 24.6. The molecule has 4 rings (SSSR count). The van der Waals surface area contributed by atoms with Crippen molar-refractivity contribution in [2.24, 2.45) is 7.05 Å². The van der Waals surface area contributed by atoms with Crippen molar-refractivity contribution < 1.29 is 18.7 Å². The van der Waals surface area contributed by atoms with Crippen LogP contribution in [0.25, 0.3) is 11.0 Å². The molecule has 2 unspecified atom stereocenters. The Morgan fingerprint density at radius 3 is 2.62 bits per heavy atom. The van der Waals surface area contributed by atoms with Crippen LogP contribution < -0.4 is 0 Å². The third-order valence-corrected chi connectivity index (χ3v) is 8.32. The number of fused-ring (bicyclic) bond motifs is 1. The highest BCUT2D eigenvalue weighted by Crippen LogP contribution is 2.38. The molecule has 0 bridgehead atoms. The molecule has 0 spiro atoms. The van der Waals surface area contributed by atoms with Gasteiger partial charge < -0.3 is 9.66 Å². The number of aliphatic carboxylic acids is 1. The van der Waals surface area contributed by atoms with Crippen molar-refractivity contribution in [1.82, 2.24) is 19.3 Å². The van der Waals surface area contributed by atoms with E-state index in [1.807, 2.05) is 58.2 Å². The first-order valence-electron chi connectivity index (χ1n) is 11.6. The number of carbonyl (C=O) groups is 1. The minimum absolute atomic E-state index is 0.0793. The summed E-state index contributed by atoms with van der Waals surface area (Å²) < 4.78 is 27.7. The molecule has 1 N–H and O–H groups in total. The average molecular weight is 484 g/mol. The van der Waals surface area contributed by atoms with Crippen molar-refractivity contribution in [2.45, 2.75) is 70.9 Å². The molecule has 1 heterocycles. The van der Waals surface area contributed by atoms with Gasteiger partial charge in [0.25, 0.3) is 0 Å². The van der Waals surface area contributed by atoms with E-state index in [1.165, 1.54) is 0 Å². The molecule has 1 aliphatic carbocycles. The molecule has 0 saturated heterocycles. The zero-order valence-corrected chi connectivity index (χ0v) is 20.9. The summed E-state index contributed by atoms with van der Waals surface area (Å²) in [5.74, 6) is -1.29. The molecule has 0 aliphatic heterocycles. The van der Waals surface area contributed by atoms with E-state index in [4.69, 9.17) is 0 Å². The molecule has 0 radical (unpaired) electrons. The molecule has 0 amide bonds. The van der Waals surface area contributed by atoms with Crippen LogP contribution in [0.4, 0.5) is 0 Å². The highest BCUT2D eigenvalue weighted by Gasteiger charge is 2.36. The average Bonchev–Trinajstić information content (AvgIpc) is 3.38. The van der Waals surface area contributed by atoms with Gasteiger partial charge in [-0.05, 0) is 67.5 Å². The van der Waals surface area contributed by atoms with Gasteiger partial charge in [0, 0.05) is 36.3 Å². The number of benzene rings is 2. The summed E-state index contributed by atoms with van der Waals surface area (Å²) >= 11 is -2.35. The van der Waals surface area contributed by atoms with Crippen LogP contribution in [0.3, 0.4) is 0 Å². The molecule has 8 nitrogen and oxygen atoms in total. The first kappa shape index (κ1) is 24.5. The van der Waals surface area contributed by atoms with Crippen molar-refractivity contribution in [3.05, 3.63) is 58.1 Å². The molecule has 1 aliphatic rings. The molecule has 2 aromatic carbocycles. The van der Waals surface area contributed by atoms with Crippen LogP contribution in [-0.2, 0) is 29.7 Å². The quantitative estimate of drug-likeness (QED) is 0.483. The lowest BCUT2D eigenvalue weighted by atomic mass is 9.84.